The molecule has 8 nitrogen and oxygen atoms in total. The van der Waals surface area contributed by atoms with E-state index in [0.29, 0.717) is 50.6 Å². The Bertz CT molecular complexity index is 951. The number of ether oxygens (including phenoxy) is 1. The number of nitrogens with one attached hydrogen (secondary N) is 3. The predicted molar refractivity (Wildman–Crippen MR) is 116 cm³/mol. The molecule has 1 fully saturated rings. The number of halogens is 1. The lowest BCUT2D eigenvalue weighted by molar-refractivity contribution is -0.136. The first kappa shape index (κ1) is 22.3. The average molecular weight is 444 g/mol. The minimum atomic E-state index is -0.442. The molecule has 1 aromatic carbocycles. The lowest BCUT2D eigenvalue weighted by Crippen LogP contribution is -2.62. The number of amides is 2. The van der Waals surface area contributed by atoms with Crippen LogP contribution in [-0.4, -0.2) is 59.0 Å². The maximum atomic E-state index is 13.0. The molecule has 1 spiro atoms. The van der Waals surface area contributed by atoms with Gasteiger partial charge in [-0.2, -0.15) is 0 Å². The van der Waals surface area contributed by atoms with E-state index < -0.39 is 5.54 Å². The van der Waals surface area contributed by atoms with Gasteiger partial charge in [0.15, 0.2) is 6.61 Å². The summed E-state index contributed by atoms with van der Waals surface area (Å²) in [5, 5.41) is 6.58. The number of likely N-dealkylation sites (tertiary alicyclic amines) is 1. The van der Waals surface area contributed by atoms with Crippen LogP contribution in [0.5, 0.6) is 5.75 Å². The van der Waals surface area contributed by atoms with Gasteiger partial charge in [0, 0.05) is 31.7 Å². The summed E-state index contributed by atoms with van der Waals surface area (Å²) < 4.78 is 18.5. The lowest BCUT2D eigenvalue weighted by atomic mass is 9.78. The number of imidazole rings is 1. The van der Waals surface area contributed by atoms with Crippen LogP contribution in [0, 0.1) is 11.7 Å². The Balaban J connectivity index is 1.38. The smallest absolute Gasteiger partial charge is 0.260 e. The number of hydrogen-bond donors (Lipinski definition) is 3. The topological polar surface area (TPSA) is 99.4 Å². The highest BCUT2D eigenvalue weighted by atomic mass is 19.1. The molecule has 3 heterocycles. The minimum absolute atomic E-state index is 0.00970. The SMILES string of the molecule is CC(C)CNC(=O)[C@@H]1Cc2[nH]cnc2C2(CCN(C(=O)COc3ccc(F)cc3)CC2)N1. The molecule has 2 aliphatic rings. The van der Waals surface area contributed by atoms with E-state index in [1.165, 1.54) is 24.3 Å². The van der Waals surface area contributed by atoms with E-state index in [2.05, 4.69) is 34.4 Å². The highest BCUT2D eigenvalue weighted by Gasteiger charge is 2.46. The Kier molecular flexibility index (Phi) is 6.45. The van der Waals surface area contributed by atoms with Gasteiger partial charge in [0.05, 0.1) is 23.6 Å². The third kappa shape index (κ3) is 4.77. The zero-order valence-corrected chi connectivity index (χ0v) is 18.5. The van der Waals surface area contributed by atoms with Crippen LogP contribution in [0.1, 0.15) is 38.1 Å². The lowest BCUT2D eigenvalue weighted by Gasteiger charge is -2.46. The fourth-order valence-electron chi connectivity index (χ4n) is 4.42. The van der Waals surface area contributed by atoms with Gasteiger partial charge < -0.3 is 19.9 Å². The normalized spacial score (nSPS) is 19.6. The molecular weight excluding hydrogens is 413 g/mol. The third-order valence-electron chi connectivity index (χ3n) is 6.18. The molecule has 0 radical (unpaired) electrons. The number of benzene rings is 1. The minimum Gasteiger partial charge on any atom is -0.484 e. The molecule has 3 N–H and O–H groups in total. The second-order valence-corrected chi connectivity index (χ2v) is 8.98. The van der Waals surface area contributed by atoms with Gasteiger partial charge in [-0.3, -0.25) is 14.9 Å². The number of nitrogens with zero attached hydrogens (tertiary/aromatic N) is 2. The van der Waals surface area contributed by atoms with Crippen molar-refractivity contribution in [2.75, 3.05) is 26.2 Å². The first-order valence-electron chi connectivity index (χ1n) is 11.1. The van der Waals surface area contributed by atoms with E-state index in [4.69, 9.17) is 4.74 Å². The van der Waals surface area contributed by atoms with Crippen molar-refractivity contribution in [1.82, 2.24) is 25.5 Å². The fourth-order valence-corrected chi connectivity index (χ4v) is 4.42. The maximum Gasteiger partial charge on any atom is 0.260 e. The highest BCUT2D eigenvalue weighted by molar-refractivity contribution is 5.82. The van der Waals surface area contributed by atoms with Gasteiger partial charge in [0.1, 0.15) is 11.6 Å². The molecule has 0 bridgehead atoms. The van der Waals surface area contributed by atoms with Gasteiger partial charge >= 0.3 is 0 Å². The van der Waals surface area contributed by atoms with Gasteiger partial charge in [-0.15, -0.1) is 0 Å². The Hall–Kier alpha value is -2.94. The molecule has 9 heteroatoms. The molecule has 0 aliphatic carbocycles. The highest BCUT2D eigenvalue weighted by Crippen LogP contribution is 2.37. The molecule has 2 aromatic rings. The Morgan fingerprint density at radius 1 is 1.28 bits per heavy atom. The summed E-state index contributed by atoms with van der Waals surface area (Å²) in [7, 11) is 0. The second kappa shape index (κ2) is 9.28. The first-order valence-corrected chi connectivity index (χ1v) is 11.1. The van der Waals surface area contributed by atoms with Gasteiger partial charge in [0.2, 0.25) is 5.91 Å². The number of hydrogen-bond acceptors (Lipinski definition) is 5. The molecule has 1 atom stereocenters. The van der Waals surface area contributed by atoms with E-state index in [-0.39, 0.29) is 30.3 Å². The number of H-pyrrole nitrogens is 1. The van der Waals surface area contributed by atoms with Gasteiger partial charge in [-0.05, 0) is 43.0 Å². The van der Waals surface area contributed by atoms with Gasteiger partial charge in [0.25, 0.3) is 5.91 Å². The predicted octanol–water partition coefficient (Wildman–Crippen LogP) is 1.73. The summed E-state index contributed by atoms with van der Waals surface area (Å²) in [5.41, 5.74) is 1.48. The number of piperidine rings is 1. The zero-order chi connectivity index (χ0) is 22.7. The second-order valence-electron chi connectivity index (χ2n) is 8.98. The standard InChI is InChI=1S/C23H30FN5O3/c1-15(2)12-25-22(31)19-11-18-21(27-14-26-18)23(28-19)7-9-29(10-8-23)20(30)13-32-17-5-3-16(24)4-6-17/h3-6,14-15,19,28H,7-13H2,1-2H3,(H,25,31)(H,26,27)/t19-/m0/s1. The Morgan fingerprint density at radius 2 is 2.00 bits per heavy atom. The van der Waals surface area contributed by atoms with E-state index in [1.54, 1.807) is 11.2 Å². The third-order valence-corrected chi connectivity index (χ3v) is 6.18. The van der Waals surface area contributed by atoms with E-state index in [9.17, 15) is 14.0 Å². The molecule has 32 heavy (non-hydrogen) atoms. The van der Waals surface area contributed by atoms with E-state index in [1.807, 2.05) is 0 Å². The van der Waals surface area contributed by atoms with Crippen LogP contribution < -0.4 is 15.4 Å². The van der Waals surface area contributed by atoms with Crippen molar-refractivity contribution in [1.29, 1.82) is 0 Å². The summed E-state index contributed by atoms with van der Waals surface area (Å²) in [5.74, 6) is 0.362. The number of aromatic nitrogens is 2. The van der Waals surface area contributed by atoms with Crippen molar-refractivity contribution >= 4 is 11.8 Å². The summed E-state index contributed by atoms with van der Waals surface area (Å²) in [4.78, 5) is 34.9. The number of carbonyl (C=O) groups is 2. The van der Waals surface area contributed by atoms with E-state index in [0.717, 1.165) is 11.4 Å². The Morgan fingerprint density at radius 3 is 2.69 bits per heavy atom. The fraction of sp³-hybridized carbons (Fsp3) is 0.522. The van der Waals surface area contributed by atoms with Gasteiger partial charge in [-0.1, -0.05) is 13.8 Å². The maximum absolute atomic E-state index is 13.0. The number of aromatic amines is 1. The van der Waals surface area contributed by atoms with Crippen LogP contribution in [0.3, 0.4) is 0 Å². The summed E-state index contributed by atoms with van der Waals surface area (Å²) in [6.07, 6.45) is 3.55. The summed E-state index contributed by atoms with van der Waals surface area (Å²) in [6, 6.07) is 5.26. The summed E-state index contributed by atoms with van der Waals surface area (Å²) >= 11 is 0. The summed E-state index contributed by atoms with van der Waals surface area (Å²) in [6.45, 7) is 5.73. The van der Waals surface area contributed by atoms with Crippen LogP contribution in [0.15, 0.2) is 30.6 Å². The molecule has 0 unspecified atom stereocenters. The van der Waals surface area contributed by atoms with Crippen LogP contribution >= 0.6 is 0 Å². The molecule has 1 aromatic heterocycles. The van der Waals surface area contributed by atoms with Crippen molar-refractivity contribution in [2.24, 2.45) is 5.92 Å². The number of fused-ring (bicyclic) bond motifs is 2. The van der Waals surface area contributed by atoms with Crippen molar-refractivity contribution in [2.45, 2.75) is 44.7 Å². The molecule has 2 amide bonds. The van der Waals surface area contributed by atoms with Crippen LogP contribution in [0.2, 0.25) is 0 Å². The van der Waals surface area contributed by atoms with Crippen LogP contribution in [0.4, 0.5) is 4.39 Å². The number of rotatable bonds is 6. The molecular formula is C23H30FN5O3. The van der Waals surface area contributed by atoms with Crippen LogP contribution in [-0.2, 0) is 21.5 Å². The quantitative estimate of drug-likeness (QED) is 0.632. The molecule has 1 saturated heterocycles. The van der Waals surface area contributed by atoms with Crippen molar-refractivity contribution in [3.05, 3.63) is 47.8 Å². The average Bonchev–Trinajstić information content (AvgIpc) is 3.27. The molecule has 172 valence electrons. The van der Waals surface area contributed by atoms with Crippen molar-refractivity contribution < 1.29 is 18.7 Å². The molecule has 4 rings (SSSR count). The van der Waals surface area contributed by atoms with Crippen LogP contribution in [0.25, 0.3) is 0 Å². The van der Waals surface area contributed by atoms with Crippen molar-refractivity contribution in [3.63, 3.8) is 0 Å². The first-order chi connectivity index (χ1) is 15.4. The largest absolute Gasteiger partial charge is 0.484 e. The molecule has 2 aliphatic heterocycles. The monoisotopic (exact) mass is 443 g/mol. The molecule has 0 saturated carbocycles. The Labute approximate surface area is 186 Å². The van der Waals surface area contributed by atoms with E-state index >= 15 is 0 Å². The number of carbonyl (C=O) groups excluding carboxylic acids is 2. The zero-order valence-electron chi connectivity index (χ0n) is 18.5. The van der Waals surface area contributed by atoms with Gasteiger partial charge in [-0.25, -0.2) is 9.37 Å². The van der Waals surface area contributed by atoms with Crippen molar-refractivity contribution in [3.8, 4) is 5.75 Å².